The third-order valence-corrected chi connectivity index (χ3v) is 3.37. The number of carboxylic acids is 1. The largest absolute Gasteiger partial charge is 0.478 e. The number of benzene rings is 1. The van der Waals surface area contributed by atoms with Crippen LogP contribution in [0.3, 0.4) is 0 Å². The van der Waals surface area contributed by atoms with Gasteiger partial charge in [0.25, 0.3) is 0 Å². The molecule has 0 fully saturated rings. The van der Waals surface area contributed by atoms with Crippen LogP contribution in [0.2, 0.25) is 0 Å². The third kappa shape index (κ3) is 5.20. The zero-order valence-corrected chi connectivity index (χ0v) is 13.4. The summed E-state index contributed by atoms with van der Waals surface area (Å²) in [6.07, 6.45) is 0. The number of hydrogen-bond acceptors (Lipinski definition) is 3. The first-order valence-electron chi connectivity index (χ1n) is 6.13. The summed E-state index contributed by atoms with van der Waals surface area (Å²) in [6.45, 7) is 6.18. The van der Waals surface area contributed by atoms with Gasteiger partial charge in [0.15, 0.2) is 0 Å². The maximum atomic E-state index is 10.9. The van der Waals surface area contributed by atoms with Gasteiger partial charge in [0, 0.05) is 23.2 Å². The van der Waals surface area contributed by atoms with Crippen LogP contribution in [0.15, 0.2) is 22.7 Å². The summed E-state index contributed by atoms with van der Waals surface area (Å²) in [6, 6.07) is 5.01. The van der Waals surface area contributed by atoms with Crippen LogP contribution in [0.25, 0.3) is 0 Å². The topological polar surface area (TPSA) is 52.6 Å². The van der Waals surface area contributed by atoms with Crippen molar-refractivity contribution in [2.75, 3.05) is 32.5 Å². The molecule has 0 saturated carbocycles. The Labute approximate surface area is 122 Å². The van der Waals surface area contributed by atoms with E-state index in [0.29, 0.717) is 0 Å². The Morgan fingerprint density at radius 1 is 1.42 bits per heavy atom. The first-order chi connectivity index (χ1) is 8.71. The SMILES string of the molecule is CN(C)CC(C)(C)CNc1ccc(C(=O)O)cc1Br. The van der Waals surface area contributed by atoms with Gasteiger partial charge in [-0.3, -0.25) is 0 Å². The molecule has 0 aromatic heterocycles. The fraction of sp³-hybridized carbons (Fsp3) is 0.500. The molecule has 106 valence electrons. The van der Waals surface area contributed by atoms with Gasteiger partial charge in [-0.1, -0.05) is 13.8 Å². The Balaban J connectivity index is 2.71. The van der Waals surface area contributed by atoms with E-state index in [0.717, 1.165) is 23.2 Å². The summed E-state index contributed by atoms with van der Waals surface area (Å²) in [5, 5.41) is 12.3. The molecule has 0 aliphatic carbocycles. The Hall–Kier alpha value is -1.07. The highest BCUT2D eigenvalue weighted by molar-refractivity contribution is 9.10. The number of rotatable bonds is 6. The average molecular weight is 329 g/mol. The molecule has 0 unspecified atom stereocenters. The molecular formula is C14H21BrN2O2. The molecule has 0 radical (unpaired) electrons. The van der Waals surface area contributed by atoms with Crippen molar-refractivity contribution in [2.24, 2.45) is 5.41 Å². The molecule has 1 aromatic carbocycles. The quantitative estimate of drug-likeness (QED) is 0.842. The molecule has 0 aliphatic rings. The van der Waals surface area contributed by atoms with Crippen LogP contribution in [0.5, 0.6) is 0 Å². The molecule has 0 bridgehead atoms. The lowest BCUT2D eigenvalue weighted by molar-refractivity contribution is 0.0697. The second-order valence-corrected chi connectivity index (χ2v) is 6.61. The summed E-state index contributed by atoms with van der Waals surface area (Å²) in [5.41, 5.74) is 1.33. The van der Waals surface area contributed by atoms with E-state index in [4.69, 9.17) is 5.11 Å². The maximum Gasteiger partial charge on any atom is 0.335 e. The van der Waals surface area contributed by atoms with Crippen LogP contribution < -0.4 is 5.32 Å². The Morgan fingerprint density at radius 3 is 2.53 bits per heavy atom. The van der Waals surface area contributed by atoms with Crippen LogP contribution in [0.1, 0.15) is 24.2 Å². The van der Waals surface area contributed by atoms with Gasteiger partial charge < -0.3 is 15.3 Å². The highest BCUT2D eigenvalue weighted by atomic mass is 79.9. The number of carbonyl (C=O) groups is 1. The molecule has 19 heavy (non-hydrogen) atoms. The lowest BCUT2D eigenvalue weighted by atomic mass is 9.93. The van der Waals surface area contributed by atoms with Crippen molar-refractivity contribution in [3.05, 3.63) is 28.2 Å². The molecule has 1 rings (SSSR count). The second kappa shape index (κ2) is 6.39. The molecule has 4 nitrogen and oxygen atoms in total. The predicted molar refractivity (Wildman–Crippen MR) is 81.9 cm³/mol. The summed E-state index contributed by atoms with van der Waals surface area (Å²) in [7, 11) is 4.11. The molecule has 1 aromatic rings. The summed E-state index contributed by atoms with van der Waals surface area (Å²) in [4.78, 5) is 13.0. The highest BCUT2D eigenvalue weighted by Crippen LogP contribution is 2.25. The lowest BCUT2D eigenvalue weighted by Gasteiger charge is -2.29. The first-order valence-corrected chi connectivity index (χ1v) is 6.92. The number of nitrogens with one attached hydrogen (secondary N) is 1. The van der Waals surface area contributed by atoms with E-state index in [2.05, 4.69) is 54.1 Å². The number of aromatic carboxylic acids is 1. The van der Waals surface area contributed by atoms with Gasteiger partial charge in [-0.15, -0.1) is 0 Å². The van der Waals surface area contributed by atoms with Crippen molar-refractivity contribution in [3.63, 3.8) is 0 Å². The summed E-state index contributed by atoms with van der Waals surface area (Å²) >= 11 is 3.40. The van der Waals surface area contributed by atoms with Gasteiger partial charge in [0.1, 0.15) is 0 Å². The van der Waals surface area contributed by atoms with E-state index in [-0.39, 0.29) is 11.0 Å². The van der Waals surface area contributed by atoms with Gasteiger partial charge in [0.2, 0.25) is 0 Å². The number of carboxylic acid groups (broad SMARTS) is 1. The van der Waals surface area contributed by atoms with Gasteiger partial charge in [0.05, 0.1) is 5.56 Å². The van der Waals surface area contributed by atoms with Gasteiger partial charge in [-0.05, 0) is 53.6 Å². The minimum atomic E-state index is -0.916. The first kappa shape index (κ1) is 16.0. The monoisotopic (exact) mass is 328 g/mol. The molecular weight excluding hydrogens is 308 g/mol. The minimum Gasteiger partial charge on any atom is -0.478 e. The standard InChI is InChI=1S/C14H21BrN2O2/c1-14(2,9-17(3)4)8-16-12-6-5-10(13(18)19)7-11(12)15/h5-7,16H,8-9H2,1-4H3,(H,18,19). The van der Waals surface area contributed by atoms with Crippen LogP contribution in [-0.2, 0) is 0 Å². The van der Waals surface area contributed by atoms with Crippen molar-refractivity contribution in [3.8, 4) is 0 Å². The zero-order chi connectivity index (χ0) is 14.6. The van der Waals surface area contributed by atoms with Crippen molar-refractivity contribution in [1.29, 1.82) is 0 Å². The second-order valence-electron chi connectivity index (χ2n) is 5.76. The van der Waals surface area contributed by atoms with Crippen molar-refractivity contribution < 1.29 is 9.90 Å². The van der Waals surface area contributed by atoms with E-state index < -0.39 is 5.97 Å². The maximum absolute atomic E-state index is 10.9. The summed E-state index contributed by atoms with van der Waals surface area (Å²) < 4.78 is 0.771. The Bertz CT molecular complexity index is 459. The molecule has 0 amide bonds. The molecule has 2 N–H and O–H groups in total. The number of nitrogens with zero attached hydrogens (tertiary/aromatic N) is 1. The Morgan fingerprint density at radius 2 is 2.05 bits per heavy atom. The predicted octanol–water partition coefficient (Wildman–Crippen LogP) is 3.15. The summed E-state index contributed by atoms with van der Waals surface area (Å²) in [5.74, 6) is -0.916. The van der Waals surface area contributed by atoms with Crippen LogP contribution in [0.4, 0.5) is 5.69 Å². The molecule has 0 aliphatic heterocycles. The van der Waals surface area contributed by atoms with Crippen molar-refractivity contribution in [2.45, 2.75) is 13.8 Å². The number of halogens is 1. The molecule has 0 spiro atoms. The van der Waals surface area contributed by atoms with Crippen LogP contribution >= 0.6 is 15.9 Å². The van der Waals surface area contributed by atoms with E-state index in [9.17, 15) is 4.79 Å². The van der Waals surface area contributed by atoms with Gasteiger partial charge >= 0.3 is 5.97 Å². The normalized spacial score (nSPS) is 11.7. The third-order valence-electron chi connectivity index (χ3n) is 2.72. The van der Waals surface area contributed by atoms with E-state index >= 15 is 0 Å². The Kier molecular flexibility index (Phi) is 5.38. The average Bonchev–Trinajstić information content (AvgIpc) is 2.25. The number of hydrogen-bond donors (Lipinski definition) is 2. The van der Waals surface area contributed by atoms with Gasteiger partial charge in [-0.25, -0.2) is 4.79 Å². The molecule has 0 atom stereocenters. The fourth-order valence-electron chi connectivity index (χ4n) is 2.04. The van der Waals surface area contributed by atoms with E-state index in [1.807, 2.05) is 0 Å². The van der Waals surface area contributed by atoms with Crippen LogP contribution in [-0.4, -0.2) is 43.2 Å². The molecule has 5 heteroatoms. The zero-order valence-electron chi connectivity index (χ0n) is 11.8. The van der Waals surface area contributed by atoms with E-state index in [1.54, 1.807) is 18.2 Å². The van der Waals surface area contributed by atoms with Crippen LogP contribution in [0, 0.1) is 5.41 Å². The minimum absolute atomic E-state index is 0.133. The van der Waals surface area contributed by atoms with E-state index in [1.165, 1.54) is 0 Å². The highest BCUT2D eigenvalue weighted by Gasteiger charge is 2.19. The lowest BCUT2D eigenvalue weighted by Crippen LogP contribution is -2.34. The molecule has 0 heterocycles. The van der Waals surface area contributed by atoms with Crippen molar-refractivity contribution in [1.82, 2.24) is 4.90 Å². The van der Waals surface area contributed by atoms with Crippen molar-refractivity contribution >= 4 is 27.6 Å². The number of anilines is 1. The smallest absolute Gasteiger partial charge is 0.335 e. The molecule has 0 saturated heterocycles. The fourth-order valence-corrected chi connectivity index (χ4v) is 2.56. The van der Waals surface area contributed by atoms with Gasteiger partial charge in [-0.2, -0.15) is 0 Å².